The highest BCUT2D eigenvalue weighted by molar-refractivity contribution is 6.28. The molecule has 0 aliphatic rings. The molecular weight excluding hydrogens is 379 g/mol. The first-order chi connectivity index (χ1) is 13.5. The van der Waals surface area contributed by atoms with Crippen LogP contribution in [0.15, 0.2) is 54.7 Å². The molecule has 0 fully saturated rings. The predicted molar refractivity (Wildman–Crippen MR) is 110 cm³/mol. The molecule has 28 heavy (non-hydrogen) atoms. The van der Waals surface area contributed by atoms with Gasteiger partial charge in [-0.2, -0.15) is 0 Å². The van der Waals surface area contributed by atoms with Gasteiger partial charge in [0.25, 0.3) is 0 Å². The second-order valence-electron chi connectivity index (χ2n) is 6.39. The summed E-state index contributed by atoms with van der Waals surface area (Å²) < 4.78 is 15.3. The molecule has 0 saturated carbocycles. The van der Waals surface area contributed by atoms with Crippen molar-refractivity contribution in [3.05, 3.63) is 71.4 Å². The minimum Gasteiger partial charge on any atom is -0.352 e. The van der Waals surface area contributed by atoms with Gasteiger partial charge in [-0.3, -0.25) is 0 Å². The highest BCUT2D eigenvalue weighted by Crippen LogP contribution is 2.27. The van der Waals surface area contributed by atoms with E-state index < -0.39 is 0 Å². The first-order valence-electron chi connectivity index (χ1n) is 8.68. The maximum atomic E-state index is 13.4. The highest BCUT2D eigenvalue weighted by atomic mass is 35.5. The van der Waals surface area contributed by atoms with E-state index >= 15 is 0 Å². The molecule has 4 rings (SSSR count). The molecule has 8 heteroatoms. The van der Waals surface area contributed by atoms with Gasteiger partial charge in [-0.25, -0.2) is 19.3 Å². The summed E-state index contributed by atoms with van der Waals surface area (Å²) in [6.07, 6.45) is 1.62. The van der Waals surface area contributed by atoms with Crippen LogP contribution in [-0.4, -0.2) is 26.6 Å². The monoisotopic (exact) mass is 396 g/mol. The van der Waals surface area contributed by atoms with Crippen LogP contribution < -0.4 is 10.2 Å². The third-order valence-electron chi connectivity index (χ3n) is 4.55. The Balaban J connectivity index is 1.60. The van der Waals surface area contributed by atoms with Crippen molar-refractivity contribution in [2.24, 2.45) is 7.05 Å². The number of benzene rings is 2. The third-order valence-corrected chi connectivity index (χ3v) is 4.73. The standard InChI is InChI=1S/C20H18ClFN6/c1-27(18-8-9-23-19(21)26-18)15-6-7-17-16(11-15)25-20(28(17)2)24-12-13-4-3-5-14(22)10-13/h3-11H,12H2,1-2H3,(H,24,25). The van der Waals surface area contributed by atoms with Gasteiger partial charge in [0.1, 0.15) is 11.6 Å². The Kier molecular flexibility index (Phi) is 4.83. The molecule has 6 nitrogen and oxygen atoms in total. The number of halogens is 2. The third kappa shape index (κ3) is 3.61. The van der Waals surface area contributed by atoms with Crippen LogP contribution in [0.3, 0.4) is 0 Å². The fourth-order valence-corrected chi connectivity index (χ4v) is 3.17. The number of fused-ring (bicyclic) bond motifs is 1. The number of anilines is 3. The second-order valence-corrected chi connectivity index (χ2v) is 6.73. The largest absolute Gasteiger partial charge is 0.352 e. The van der Waals surface area contributed by atoms with Crippen molar-refractivity contribution in [2.75, 3.05) is 17.3 Å². The molecule has 1 N–H and O–H groups in total. The molecule has 4 aromatic rings. The fraction of sp³-hybridized carbons (Fsp3) is 0.150. The molecule has 0 aliphatic heterocycles. The number of nitrogens with one attached hydrogen (secondary N) is 1. The predicted octanol–water partition coefficient (Wildman–Crippen LogP) is 4.54. The number of aromatic nitrogens is 4. The molecule has 0 unspecified atom stereocenters. The van der Waals surface area contributed by atoms with Crippen LogP contribution >= 0.6 is 11.6 Å². The number of aryl methyl sites for hydroxylation is 1. The summed E-state index contributed by atoms with van der Waals surface area (Å²) in [6.45, 7) is 0.487. The van der Waals surface area contributed by atoms with Gasteiger partial charge in [-0.15, -0.1) is 0 Å². The summed E-state index contributed by atoms with van der Waals surface area (Å²) >= 11 is 5.89. The van der Waals surface area contributed by atoms with Gasteiger partial charge in [0.15, 0.2) is 0 Å². The van der Waals surface area contributed by atoms with E-state index in [1.807, 2.05) is 47.8 Å². The summed E-state index contributed by atoms with van der Waals surface area (Å²) in [4.78, 5) is 14.7. The molecule has 142 valence electrons. The number of nitrogens with zero attached hydrogens (tertiary/aromatic N) is 5. The number of rotatable bonds is 5. The van der Waals surface area contributed by atoms with Crippen LogP contribution in [0.2, 0.25) is 5.28 Å². The smallest absolute Gasteiger partial charge is 0.224 e. The maximum Gasteiger partial charge on any atom is 0.224 e. The van der Waals surface area contributed by atoms with E-state index in [-0.39, 0.29) is 11.1 Å². The molecule has 2 aromatic heterocycles. The lowest BCUT2D eigenvalue weighted by molar-refractivity contribution is 0.626. The summed E-state index contributed by atoms with van der Waals surface area (Å²) in [6, 6.07) is 14.3. The highest BCUT2D eigenvalue weighted by Gasteiger charge is 2.12. The van der Waals surface area contributed by atoms with Gasteiger partial charge in [0.05, 0.1) is 11.0 Å². The lowest BCUT2D eigenvalue weighted by Gasteiger charge is -2.18. The van der Waals surface area contributed by atoms with Crippen LogP contribution in [0.25, 0.3) is 11.0 Å². The molecular formula is C20H18ClFN6. The van der Waals surface area contributed by atoms with Gasteiger partial charge in [0.2, 0.25) is 11.2 Å². The van der Waals surface area contributed by atoms with E-state index in [0.717, 1.165) is 22.3 Å². The Bertz CT molecular complexity index is 1140. The first kappa shape index (κ1) is 18.2. The van der Waals surface area contributed by atoms with Crippen LogP contribution in [0.5, 0.6) is 0 Å². The fourth-order valence-electron chi connectivity index (χ4n) is 3.03. The van der Waals surface area contributed by atoms with E-state index in [9.17, 15) is 4.39 Å². The minimum atomic E-state index is -0.248. The Morgan fingerprint density at radius 2 is 2.00 bits per heavy atom. The van der Waals surface area contributed by atoms with E-state index in [1.54, 1.807) is 18.3 Å². The molecule has 0 aliphatic carbocycles. The Morgan fingerprint density at radius 3 is 2.79 bits per heavy atom. The molecule has 0 amide bonds. The maximum absolute atomic E-state index is 13.4. The lowest BCUT2D eigenvalue weighted by atomic mass is 10.2. The lowest BCUT2D eigenvalue weighted by Crippen LogP contribution is -2.11. The van der Waals surface area contributed by atoms with Gasteiger partial charge in [-0.1, -0.05) is 12.1 Å². The molecule has 0 bridgehead atoms. The minimum absolute atomic E-state index is 0.201. The van der Waals surface area contributed by atoms with Gasteiger partial charge < -0.3 is 14.8 Å². The van der Waals surface area contributed by atoms with E-state index in [2.05, 4.69) is 20.3 Å². The van der Waals surface area contributed by atoms with Crippen molar-refractivity contribution in [1.29, 1.82) is 0 Å². The van der Waals surface area contributed by atoms with Crippen LogP contribution in [-0.2, 0) is 13.6 Å². The number of imidazole rings is 1. The van der Waals surface area contributed by atoms with Crippen molar-refractivity contribution in [3.63, 3.8) is 0 Å². The topological polar surface area (TPSA) is 58.9 Å². The Hall–Kier alpha value is -3.19. The Morgan fingerprint density at radius 1 is 1.14 bits per heavy atom. The van der Waals surface area contributed by atoms with Crippen molar-refractivity contribution >= 4 is 40.1 Å². The average Bonchev–Trinajstić information content (AvgIpc) is 3.01. The van der Waals surface area contributed by atoms with Gasteiger partial charge >= 0.3 is 0 Å². The van der Waals surface area contributed by atoms with Crippen molar-refractivity contribution in [1.82, 2.24) is 19.5 Å². The second kappa shape index (κ2) is 7.44. The van der Waals surface area contributed by atoms with Crippen LogP contribution in [0.4, 0.5) is 21.8 Å². The average molecular weight is 397 g/mol. The summed E-state index contributed by atoms with van der Waals surface area (Å²) in [7, 11) is 3.85. The van der Waals surface area contributed by atoms with Crippen LogP contribution in [0.1, 0.15) is 5.56 Å². The molecule has 2 aromatic carbocycles. The van der Waals surface area contributed by atoms with E-state index in [1.165, 1.54) is 12.1 Å². The quantitative estimate of drug-likeness (QED) is 0.502. The van der Waals surface area contributed by atoms with Crippen molar-refractivity contribution < 1.29 is 4.39 Å². The Labute approximate surface area is 166 Å². The van der Waals surface area contributed by atoms with E-state index in [4.69, 9.17) is 11.6 Å². The molecule has 0 atom stereocenters. The first-order valence-corrected chi connectivity index (χ1v) is 9.06. The summed E-state index contributed by atoms with van der Waals surface area (Å²) in [5.74, 6) is 1.16. The van der Waals surface area contributed by atoms with Crippen molar-refractivity contribution in [2.45, 2.75) is 6.54 Å². The number of hydrogen-bond acceptors (Lipinski definition) is 5. The zero-order valence-corrected chi connectivity index (χ0v) is 16.2. The summed E-state index contributed by atoms with van der Waals surface area (Å²) in [5.41, 5.74) is 3.61. The normalized spacial score (nSPS) is 11.0. The number of hydrogen-bond donors (Lipinski definition) is 1. The SMILES string of the molecule is CN(c1ccc2c(c1)nc(NCc1cccc(F)c1)n2C)c1ccnc(Cl)n1. The zero-order chi connectivity index (χ0) is 19.7. The molecule has 2 heterocycles. The molecule has 0 saturated heterocycles. The van der Waals surface area contributed by atoms with Crippen LogP contribution in [0, 0.1) is 5.82 Å². The van der Waals surface area contributed by atoms with Crippen molar-refractivity contribution in [3.8, 4) is 0 Å². The zero-order valence-electron chi connectivity index (χ0n) is 15.4. The summed E-state index contributed by atoms with van der Waals surface area (Å²) in [5, 5.41) is 3.47. The molecule has 0 spiro atoms. The van der Waals surface area contributed by atoms with Gasteiger partial charge in [0, 0.05) is 32.5 Å². The molecule has 0 radical (unpaired) electrons. The van der Waals surface area contributed by atoms with Gasteiger partial charge in [-0.05, 0) is 53.6 Å². The van der Waals surface area contributed by atoms with E-state index in [0.29, 0.717) is 18.3 Å².